The van der Waals surface area contributed by atoms with Gasteiger partial charge in [-0.15, -0.1) is 0 Å². The Bertz CT molecular complexity index is 960. The number of hydrogen-bond acceptors (Lipinski definition) is 4. The molecule has 1 fully saturated rings. The van der Waals surface area contributed by atoms with Gasteiger partial charge in [-0.25, -0.2) is 0 Å². The van der Waals surface area contributed by atoms with Crippen molar-refractivity contribution in [2.45, 2.75) is 33.1 Å². The molecular weight excluding hydrogens is 326 g/mol. The summed E-state index contributed by atoms with van der Waals surface area (Å²) in [5, 5.41) is 4.09. The molecule has 2 heterocycles. The molecule has 0 aliphatic carbocycles. The van der Waals surface area contributed by atoms with Gasteiger partial charge in [0.25, 0.3) is 0 Å². The number of nitrogens with zero attached hydrogens (tertiary/aromatic N) is 3. The van der Waals surface area contributed by atoms with Crippen LogP contribution in [0.5, 0.6) is 0 Å². The Labute approximate surface area is 152 Å². The van der Waals surface area contributed by atoms with Crippen molar-refractivity contribution < 1.29 is 9.32 Å². The van der Waals surface area contributed by atoms with Crippen LogP contribution < -0.4 is 4.90 Å². The van der Waals surface area contributed by atoms with Crippen LogP contribution in [0.3, 0.4) is 0 Å². The molecule has 26 heavy (non-hydrogen) atoms. The van der Waals surface area contributed by atoms with Gasteiger partial charge in [-0.3, -0.25) is 4.79 Å². The second-order valence-electron chi connectivity index (χ2n) is 7.00. The first-order chi connectivity index (χ1) is 12.5. The fraction of sp³-hybridized carbons (Fsp3) is 0.286. The first-order valence-corrected chi connectivity index (χ1v) is 8.79. The van der Waals surface area contributed by atoms with Gasteiger partial charge in [0, 0.05) is 24.2 Å². The molecule has 0 saturated carbocycles. The lowest BCUT2D eigenvalue weighted by Crippen LogP contribution is -2.24. The Morgan fingerprint density at radius 3 is 2.54 bits per heavy atom. The van der Waals surface area contributed by atoms with Crippen molar-refractivity contribution >= 4 is 11.6 Å². The fourth-order valence-corrected chi connectivity index (χ4v) is 3.24. The zero-order chi connectivity index (χ0) is 18.3. The van der Waals surface area contributed by atoms with Crippen LogP contribution in [-0.2, 0) is 4.79 Å². The van der Waals surface area contributed by atoms with Crippen molar-refractivity contribution in [3.8, 4) is 11.4 Å². The van der Waals surface area contributed by atoms with Gasteiger partial charge in [0.2, 0.25) is 17.6 Å². The van der Waals surface area contributed by atoms with Crippen LogP contribution in [0.2, 0.25) is 0 Å². The molecule has 132 valence electrons. The third-order valence-corrected chi connectivity index (χ3v) is 5.03. The average Bonchev–Trinajstić information content (AvgIpc) is 3.25. The first kappa shape index (κ1) is 16.5. The average molecular weight is 347 g/mol. The molecule has 4 rings (SSSR count). The Balaban J connectivity index is 1.55. The molecule has 0 radical (unpaired) electrons. The second-order valence-corrected chi connectivity index (χ2v) is 7.00. The molecule has 1 aliphatic heterocycles. The number of benzene rings is 2. The standard InChI is InChI=1S/C21H21N3O2/c1-13-4-7-16(8-5-13)20-22-21(26-23-20)17-11-19(25)24(12-17)18-9-6-14(2)15(3)10-18/h4-10,17H,11-12H2,1-3H3. The maximum atomic E-state index is 12.5. The molecule has 0 bridgehead atoms. The molecule has 1 aromatic heterocycles. The highest BCUT2D eigenvalue weighted by Crippen LogP contribution is 2.32. The quantitative estimate of drug-likeness (QED) is 0.713. The van der Waals surface area contributed by atoms with Gasteiger partial charge in [0.1, 0.15) is 0 Å². The number of hydrogen-bond donors (Lipinski definition) is 0. The summed E-state index contributed by atoms with van der Waals surface area (Å²) in [7, 11) is 0. The lowest BCUT2D eigenvalue weighted by Gasteiger charge is -2.17. The van der Waals surface area contributed by atoms with Crippen LogP contribution in [-0.4, -0.2) is 22.6 Å². The van der Waals surface area contributed by atoms with Crippen molar-refractivity contribution in [2.24, 2.45) is 0 Å². The van der Waals surface area contributed by atoms with Gasteiger partial charge in [0.05, 0.1) is 5.92 Å². The highest BCUT2D eigenvalue weighted by Gasteiger charge is 2.35. The van der Waals surface area contributed by atoms with E-state index < -0.39 is 0 Å². The number of rotatable bonds is 3. The summed E-state index contributed by atoms with van der Waals surface area (Å²) in [5.41, 5.74) is 5.43. The maximum absolute atomic E-state index is 12.5. The normalized spacial score (nSPS) is 17.1. The van der Waals surface area contributed by atoms with Crippen LogP contribution in [0.25, 0.3) is 11.4 Å². The molecule has 3 aromatic rings. The summed E-state index contributed by atoms with van der Waals surface area (Å²) >= 11 is 0. The second kappa shape index (κ2) is 6.41. The minimum atomic E-state index is -0.0733. The van der Waals surface area contributed by atoms with Crippen molar-refractivity contribution in [2.75, 3.05) is 11.4 Å². The largest absolute Gasteiger partial charge is 0.339 e. The minimum absolute atomic E-state index is 0.0733. The van der Waals surface area contributed by atoms with E-state index in [0.717, 1.165) is 11.3 Å². The van der Waals surface area contributed by atoms with E-state index in [-0.39, 0.29) is 11.8 Å². The number of aromatic nitrogens is 2. The molecule has 1 aliphatic rings. The molecule has 0 N–H and O–H groups in total. The SMILES string of the molecule is Cc1ccc(-c2noc(C3CC(=O)N(c4ccc(C)c(C)c4)C3)n2)cc1. The number of amides is 1. The van der Waals surface area contributed by atoms with Crippen molar-refractivity contribution in [1.29, 1.82) is 0 Å². The minimum Gasteiger partial charge on any atom is -0.339 e. The molecule has 1 amide bonds. The van der Waals surface area contributed by atoms with E-state index in [2.05, 4.69) is 30.1 Å². The smallest absolute Gasteiger partial charge is 0.232 e. The van der Waals surface area contributed by atoms with Gasteiger partial charge in [-0.1, -0.05) is 41.1 Å². The van der Waals surface area contributed by atoms with E-state index >= 15 is 0 Å². The zero-order valence-corrected chi connectivity index (χ0v) is 15.2. The highest BCUT2D eigenvalue weighted by atomic mass is 16.5. The van der Waals surface area contributed by atoms with Crippen LogP contribution in [0, 0.1) is 20.8 Å². The summed E-state index contributed by atoms with van der Waals surface area (Å²) in [5.74, 6) is 1.11. The number of aryl methyl sites for hydroxylation is 3. The Morgan fingerprint density at radius 2 is 1.81 bits per heavy atom. The predicted octanol–water partition coefficient (Wildman–Crippen LogP) is 4.18. The number of carbonyl (C=O) groups is 1. The third-order valence-electron chi connectivity index (χ3n) is 5.03. The summed E-state index contributed by atoms with van der Waals surface area (Å²) in [6.45, 7) is 6.73. The van der Waals surface area contributed by atoms with Gasteiger partial charge in [0.15, 0.2) is 0 Å². The topological polar surface area (TPSA) is 59.2 Å². The molecule has 1 saturated heterocycles. The number of anilines is 1. The molecule has 5 nitrogen and oxygen atoms in total. The molecule has 2 aromatic carbocycles. The lowest BCUT2D eigenvalue weighted by atomic mass is 10.1. The number of carbonyl (C=O) groups excluding carboxylic acids is 1. The molecule has 1 unspecified atom stereocenters. The predicted molar refractivity (Wildman–Crippen MR) is 100 cm³/mol. The van der Waals surface area contributed by atoms with Gasteiger partial charge in [-0.2, -0.15) is 4.98 Å². The van der Waals surface area contributed by atoms with E-state index in [9.17, 15) is 4.79 Å². The van der Waals surface area contributed by atoms with E-state index in [1.807, 2.05) is 48.2 Å². The highest BCUT2D eigenvalue weighted by molar-refractivity contribution is 5.96. The van der Waals surface area contributed by atoms with E-state index in [4.69, 9.17) is 4.52 Å². The summed E-state index contributed by atoms with van der Waals surface area (Å²) in [6.07, 6.45) is 0.391. The molecule has 1 atom stereocenters. The van der Waals surface area contributed by atoms with Crippen LogP contribution in [0.4, 0.5) is 5.69 Å². The van der Waals surface area contributed by atoms with E-state index in [1.54, 1.807) is 0 Å². The van der Waals surface area contributed by atoms with Crippen LogP contribution in [0.1, 0.15) is 34.9 Å². The summed E-state index contributed by atoms with van der Waals surface area (Å²) in [6, 6.07) is 14.1. The van der Waals surface area contributed by atoms with Crippen molar-refractivity contribution in [3.05, 3.63) is 65.0 Å². The Hall–Kier alpha value is -2.95. The van der Waals surface area contributed by atoms with Crippen LogP contribution >= 0.6 is 0 Å². The Kier molecular flexibility index (Phi) is 4.07. The van der Waals surface area contributed by atoms with Gasteiger partial charge < -0.3 is 9.42 Å². The van der Waals surface area contributed by atoms with Crippen molar-refractivity contribution in [3.63, 3.8) is 0 Å². The monoisotopic (exact) mass is 347 g/mol. The van der Waals surface area contributed by atoms with Gasteiger partial charge >= 0.3 is 0 Å². The van der Waals surface area contributed by atoms with Crippen LogP contribution in [0.15, 0.2) is 47.0 Å². The van der Waals surface area contributed by atoms with E-state index in [1.165, 1.54) is 16.7 Å². The maximum Gasteiger partial charge on any atom is 0.232 e. The lowest BCUT2D eigenvalue weighted by molar-refractivity contribution is -0.117. The fourth-order valence-electron chi connectivity index (χ4n) is 3.24. The molecule has 0 spiro atoms. The Morgan fingerprint density at radius 1 is 1.04 bits per heavy atom. The summed E-state index contributed by atoms with van der Waals surface area (Å²) < 4.78 is 5.47. The molecule has 5 heteroatoms. The zero-order valence-electron chi connectivity index (χ0n) is 15.2. The molecular formula is C21H21N3O2. The van der Waals surface area contributed by atoms with E-state index in [0.29, 0.717) is 24.7 Å². The van der Waals surface area contributed by atoms with Crippen molar-refractivity contribution in [1.82, 2.24) is 10.1 Å². The third kappa shape index (κ3) is 3.01. The summed E-state index contributed by atoms with van der Waals surface area (Å²) in [4.78, 5) is 18.8. The first-order valence-electron chi connectivity index (χ1n) is 8.79. The van der Waals surface area contributed by atoms with Gasteiger partial charge in [-0.05, 0) is 44.0 Å².